The smallest absolute Gasteiger partial charge is 0.294 e. The second-order valence-electron chi connectivity index (χ2n) is 5.06. The summed E-state index contributed by atoms with van der Waals surface area (Å²) in [6, 6.07) is 7.90. The molecule has 0 radical (unpaired) electrons. The molecule has 0 atom stereocenters. The Morgan fingerprint density at radius 2 is 1.81 bits per heavy atom. The molecule has 112 valence electrons. The zero-order chi connectivity index (χ0) is 15.0. The fourth-order valence-electron chi connectivity index (χ4n) is 2.57. The molecule has 0 saturated carbocycles. The van der Waals surface area contributed by atoms with Crippen LogP contribution in [0.3, 0.4) is 0 Å². The Labute approximate surface area is 122 Å². The monoisotopic (exact) mass is 308 g/mol. The number of benzene rings is 2. The molecule has 21 heavy (non-hydrogen) atoms. The first kappa shape index (κ1) is 14.1. The van der Waals surface area contributed by atoms with Crippen LogP contribution in [-0.2, 0) is 10.1 Å². The van der Waals surface area contributed by atoms with Gasteiger partial charge in [0.1, 0.15) is 5.75 Å². The third kappa shape index (κ3) is 2.80. The van der Waals surface area contributed by atoms with E-state index in [1.165, 1.54) is 6.07 Å². The van der Waals surface area contributed by atoms with Gasteiger partial charge >= 0.3 is 0 Å². The van der Waals surface area contributed by atoms with Crippen molar-refractivity contribution in [3.63, 3.8) is 0 Å². The predicted molar refractivity (Wildman–Crippen MR) is 80.5 cm³/mol. The van der Waals surface area contributed by atoms with E-state index < -0.39 is 10.1 Å². The lowest BCUT2D eigenvalue weighted by atomic mass is 10.1. The lowest BCUT2D eigenvalue weighted by Gasteiger charge is -2.29. The van der Waals surface area contributed by atoms with E-state index in [9.17, 15) is 13.5 Å². The molecule has 1 saturated heterocycles. The van der Waals surface area contributed by atoms with Gasteiger partial charge in [0.05, 0.1) is 4.90 Å². The quantitative estimate of drug-likeness (QED) is 0.722. The molecule has 1 aliphatic heterocycles. The summed E-state index contributed by atoms with van der Waals surface area (Å²) in [5.41, 5.74) is 0.985. The van der Waals surface area contributed by atoms with Crippen molar-refractivity contribution in [2.75, 3.05) is 31.1 Å². The number of nitrogens with zero attached hydrogens (tertiary/aromatic N) is 1. The molecule has 0 aromatic heterocycles. The van der Waals surface area contributed by atoms with Crippen LogP contribution in [0, 0.1) is 0 Å². The average Bonchev–Trinajstić information content (AvgIpc) is 2.47. The molecular weight excluding hydrogens is 292 g/mol. The topological polar surface area (TPSA) is 89.9 Å². The Morgan fingerprint density at radius 1 is 1.10 bits per heavy atom. The minimum Gasteiger partial charge on any atom is -0.507 e. The van der Waals surface area contributed by atoms with Crippen LogP contribution in [0.5, 0.6) is 5.75 Å². The molecule has 2 aromatic carbocycles. The van der Waals surface area contributed by atoms with Crippen LogP contribution in [-0.4, -0.2) is 44.3 Å². The van der Waals surface area contributed by atoms with Crippen LogP contribution in [0.2, 0.25) is 0 Å². The summed E-state index contributed by atoms with van der Waals surface area (Å²) in [4.78, 5) is 1.90. The fraction of sp³-hybridized carbons (Fsp3) is 0.286. The Bertz CT molecular complexity index is 783. The van der Waals surface area contributed by atoms with E-state index in [0.29, 0.717) is 10.8 Å². The summed E-state index contributed by atoms with van der Waals surface area (Å²) in [7, 11) is -4.33. The minimum absolute atomic E-state index is 0.155. The van der Waals surface area contributed by atoms with Crippen molar-refractivity contribution in [2.45, 2.75) is 4.90 Å². The first-order valence-corrected chi connectivity index (χ1v) is 8.09. The number of rotatable bonds is 2. The number of phenolic OH excluding ortho intramolecular Hbond substituents is 1. The van der Waals surface area contributed by atoms with Crippen LogP contribution in [0.25, 0.3) is 10.8 Å². The molecule has 0 bridgehead atoms. The van der Waals surface area contributed by atoms with Crippen molar-refractivity contribution in [3.8, 4) is 5.75 Å². The van der Waals surface area contributed by atoms with Gasteiger partial charge in [-0.15, -0.1) is 0 Å². The number of anilines is 1. The van der Waals surface area contributed by atoms with Gasteiger partial charge in [0, 0.05) is 43.3 Å². The number of hydrogen-bond acceptors (Lipinski definition) is 5. The molecule has 0 amide bonds. The molecule has 2 aromatic rings. The maximum Gasteiger partial charge on any atom is 0.294 e. The summed E-state index contributed by atoms with van der Waals surface area (Å²) in [6.45, 7) is 3.59. The third-order valence-electron chi connectivity index (χ3n) is 3.67. The summed E-state index contributed by atoms with van der Waals surface area (Å²) in [6.07, 6.45) is 0. The van der Waals surface area contributed by atoms with E-state index >= 15 is 0 Å². The Balaban J connectivity index is 2.08. The maximum atomic E-state index is 11.2. The molecular formula is C14H16N2O4S. The van der Waals surface area contributed by atoms with Crippen molar-refractivity contribution in [2.24, 2.45) is 0 Å². The molecule has 3 rings (SSSR count). The second-order valence-corrected chi connectivity index (χ2v) is 6.48. The number of piperazine rings is 1. The highest BCUT2D eigenvalue weighted by atomic mass is 32.2. The number of hydrogen-bond donors (Lipinski definition) is 3. The van der Waals surface area contributed by atoms with Gasteiger partial charge in [0.25, 0.3) is 10.1 Å². The average molecular weight is 308 g/mol. The summed E-state index contributed by atoms with van der Waals surface area (Å²) in [5.74, 6) is -0.155. The number of aromatic hydroxyl groups is 1. The summed E-state index contributed by atoms with van der Waals surface area (Å²) < 4.78 is 31.4. The van der Waals surface area contributed by atoms with Gasteiger partial charge < -0.3 is 15.3 Å². The van der Waals surface area contributed by atoms with E-state index in [2.05, 4.69) is 10.2 Å². The zero-order valence-corrected chi connectivity index (χ0v) is 12.1. The summed E-state index contributed by atoms with van der Waals surface area (Å²) >= 11 is 0. The maximum absolute atomic E-state index is 11.2. The van der Waals surface area contributed by atoms with Crippen molar-refractivity contribution in [1.29, 1.82) is 0 Å². The molecule has 7 heteroatoms. The number of fused-ring (bicyclic) bond motifs is 1. The van der Waals surface area contributed by atoms with E-state index in [0.717, 1.165) is 37.9 Å². The lowest BCUT2D eigenvalue weighted by molar-refractivity contribution is 0.471. The zero-order valence-electron chi connectivity index (χ0n) is 11.3. The van der Waals surface area contributed by atoms with Gasteiger partial charge in [-0.05, 0) is 23.6 Å². The molecule has 0 spiro atoms. The molecule has 1 heterocycles. The van der Waals surface area contributed by atoms with Crippen LogP contribution < -0.4 is 10.2 Å². The summed E-state index contributed by atoms with van der Waals surface area (Å²) in [5, 5.41) is 14.4. The Kier molecular flexibility index (Phi) is 3.48. The third-order valence-corrected chi connectivity index (χ3v) is 4.50. The Hall–Kier alpha value is -1.83. The van der Waals surface area contributed by atoms with Crippen molar-refractivity contribution in [3.05, 3.63) is 30.3 Å². The Morgan fingerprint density at radius 3 is 2.48 bits per heavy atom. The van der Waals surface area contributed by atoms with Gasteiger partial charge in [-0.2, -0.15) is 8.42 Å². The lowest BCUT2D eigenvalue weighted by Crippen LogP contribution is -2.43. The van der Waals surface area contributed by atoms with Crippen LogP contribution >= 0.6 is 0 Å². The van der Waals surface area contributed by atoms with Crippen molar-refractivity contribution >= 4 is 26.6 Å². The molecule has 1 aliphatic rings. The largest absolute Gasteiger partial charge is 0.507 e. The molecule has 0 aliphatic carbocycles. The minimum atomic E-state index is -4.33. The second kappa shape index (κ2) is 5.18. The highest BCUT2D eigenvalue weighted by Gasteiger charge is 2.15. The van der Waals surface area contributed by atoms with Gasteiger partial charge in [0.2, 0.25) is 0 Å². The standard InChI is InChI=1S/C14H16N2O4S/c17-14-9-12(21(18,19)20)7-10-1-2-11(8-13(10)14)16-5-3-15-4-6-16/h1-2,7-9,15,17H,3-6H2,(H,18,19,20). The molecule has 1 fully saturated rings. The fourth-order valence-corrected chi connectivity index (χ4v) is 3.10. The highest BCUT2D eigenvalue weighted by molar-refractivity contribution is 7.85. The molecule has 6 nitrogen and oxygen atoms in total. The van der Waals surface area contributed by atoms with E-state index in [4.69, 9.17) is 4.55 Å². The molecule has 0 unspecified atom stereocenters. The van der Waals surface area contributed by atoms with Crippen LogP contribution in [0.15, 0.2) is 35.2 Å². The van der Waals surface area contributed by atoms with Crippen LogP contribution in [0.4, 0.5) is 5.69 Å². The SMILES string of the molecule is O=S(=O)(O)c1cc(O)c2cc(N3CCNCC3)ccc2c1. The highest BCUT2D eigenvalue weighted by Crippen LogP contribution is 2.32. The van der Waals surface area contributed by atoms with Gasteiger partial charge in [-0.1, -0.05) is 6.07 Å². The van der Waals surface area contributed by atoms with E-state index in [1.807, 2.05) is 12.1 Å². The first-order chi connectivity index (χ1) is 9.95. The number of nitrogens with one attached hydrogen (secondary N) is 1. The predicted octanol–water partition coefficient (Wildman–Crippen LogP) is 1.20. The van der Waals surface area contributed by atoms with Gasteiger partial charge in [-0.25, -0.2) is 0 Å². The van der Waals surface area contributed by atoms with Gasteiger partial charge in [-0.3, -0.25) is 4.55 Å². The van der Waals surface area contributed by atoms with E-state index in [1.54, 1.807) is 6.07 Å². The molecule has 3 N–H and O–H groups in total. The van der Waals surface area contributed by atoms with Crippen molar-refractivity contribution < 1.29 is 18.1 Å². The normalized spacial score (nSPS) is 16.3. The number of phenols is 1. The van der Waals surface area contributed by atoms with Crippen molar-refractivity contribution in [1.82, 2.24) is 5.32 Å². The first-order valence-electron chi connectivity index (χ1n) is 6.65. The van der Waals surface area contributed by atoms with Gasteiger partial charge in [0.15, 0.2) is 0 Å². The van der Waals surface area contributed by atoms with Crippen LogP contribution in [0.1, 0.15) is 0 Å². The van der Waals surface area contributed by atoms with E-state index in [-0.39, 0.29) is 10.6 Å².